The summed E-state index contributed by atoms with van der Waals surface area (Å²) >= 11 is 27.2. The van der Waals surface area contributed by atoms with Crippen molar-refractivity contribution in [3.63, 3.8) is 0 Å². The number of rotatable bonds is 19. The van der Waals surface area contributed by atoms with E-state index in [9.17, 15) is 282 Å². The molecule has 0 radical (unpaired) electrons. The molecule has 0 bridgehead atoms. The number of hydrogen-bond donors (Lipinski definition) is 1. The Hall–Kier alpha value is 6.46. The van der Waals surface area contributed by atoms with Gasteiger partial charge in [0.2, 0.25) is 0 Å². The van der Waals surface area contributed by atoms with Gasteiger partial charge in [-0.15, -0.1) is 0 Å². The molecular weight excluding hydrogens is 2340 g/mol. The van der Waals surface area contributed by atoms with Gasteiger partial charge in [-0.25, -0.2) is 106 Å². The first-order chi connectivity index (χ1) is 48.3. The number of nitrogens with two attached hydrogens (primary N) is 1. The van der Waals surface area contributed by atoms with Gasteiger partial charge in [0, 0.05) is 6.80 Å². The molecule has 0 saturated carbocycles. The van der Waals surface area contributed by atoms with E-state index in [0.29, 0.717) is 0 Å². The first-order valence-electron chi connectivity index (χ1n) is 21.0. The first-order valence-corrected chi connectivity index (χ1v) is 52.0. The topological polar surface area (TPSA) is 696 Å². The molecule has 0 aromatic rings. The van der Waals surface area contributed by atoms with Crippen LogP contribution in [0.2, 0.25) is 0 Å². The van der Waals surface area contributed by atoms with Gasteiger partial charge in [-0.2, -0.15) is 180 Å². The molecule has 0 saturated heterocycles. The molecule has 0 heterocycles. The molecule has 112 heteroatoms. The van der Waals surface area contributed by atoms with Crippen molar-refractivity contribution in [2.75, 3.05) is 0 Å². The number of unbranched alkanes of at least 4 members (excludes halogenated alkanes) is 1. The molecule has 0 aliphatic carbocycles. The summed E-state index contributed by atoms with van der Waals surface area (Å²) in [5.41, 5.74) is -73.8. The van der Waals surface area contributed by atoms with Gasteiger partial charge in [-0.1, -0.05) is 47.1 Å². The molecule has 0 aromatic carbocycles. The molecule has 0 aliphatic rings. The van der Waals surface area contributed by atoms with Crippen LogP contribution in [0.3, 0.4) is 0 Å². The Balaban J connectivity index is -0.0000000553. The number of halogens is 42. The summed E-state index contributed by atoms with van der Waals surface area (Å²) in [6.45, 7) is -0.300. The average molecular weight is 2360 g/mol. The van der Waals surface area contributed by atoms with E-state index >= 15 is 0 Å². The predicted molar refractivity (Wildman–Crippen MR) is 316 cm³/mol. The summed E-state index contributed by atoms with van der Waals surface area (Å²) in [4.78, 5) is 0. The predicted octanol–water partition coefficient (Wildman–Crippen LogP) is -18.8. The molecule has 128 heavy (non-hydrogen) atoms. The Morgan fingerprint density at radius 3 is 0.391 bits per heavy atom. The first kappa shape index (κ1) is 186. The molecule has 0 aromatic heterocycles. The molecule has 0 amide bonds. The van der Waals surface area contributed by atoms with E-state index in [1.165, 1.54) is 15.4 Å². The molecule has 0 atom stereocenters. The van der Waals surface area contributed by atoms with Crippen molar-refractivity contribution in [3.05, 3.63) is 57.6 Å². The third-order valence-electron chi connectivity index (χ3n) is 5.82. The number of nitrogens with zero attached hydrogens (tertiary/aromatic N) is 9. The van der Waals surface area contributed by atoms with Crippen LogP contribution in [0.5, 0.6) is 0 Å². The van der Waals surface area contributed by atoms with Crippen LogP contribution < -0.4 is 231 Å². The van der Waals surface area contributed by atoms with E-state index in [0.717, 1.165) is 33.4 Å². The van der Waals surface area contributed by atoms with Crippen LogP contribution in [-0.4, -0.2) is 167 Å². The third kappa shape index (κ3) is 79.7. The minimum Gasteiger partial charge on any atom is -0.556 e. The van der Waals surface area contributed by atoms with E-state index < -0.39 is 220 Å². The summed E-state index contributed by atoms with van der Waals surface area (Å²) in [5.74, 6) is -4.62. The fourth-order valence-electron chi connectivity index (χ4n) is 1.75. The SMILES string of the molecule is NS(=O)(=O)C(F)(F)F.O=P(Cl)(Cl)Cl.O=P(Cl)(Cl)[N-]S(=O)(=O)C(F)(F)F.O=P(Cl)([N-]S(=O)(=O)C(F)(F)F)[N-]S(=O)(=O)C(F)(F)F.O=P([N-]S(=O)(=O)C(F)(F)F)([N-]S(=O)(=O)C(F)(F)F)[N-]S(=O)(=O)C(F)(F)F.O=P([N-]S(=O)(=O)C(F)(F)F)([N-]S(=O)(=O)C(F)(F)F)[N-]S(=O)(=O)C(F)(F)F.[CH2-]CCC.[Li+].[Li+].[Li+].[Li+].[Li+].[Li+].[Li+].[Li+].[Li+].[Li+].[Li+].[Li+].[NH-]S(=O)(=O)C(F)(F)F.[NH-]S(=O)(=O)C(F)(F)F. The van der Waals surface area contributed by atoms with Crippen LogP contribution in [0.1, 0.15) is 19.8 Å². The molecule has 0 spiro atoms. The monoisotopic (exact) mass is 2350 g/mol. The van der Waals surface area contributed by atoms with Crippen LogP contribution in [0.15, 0.2) is 0 Å². The van der Waals surface area contributed by atoms with E-state index in [-0.39, 0.29) is 226 Å². The number of alkyl halides is 36. The van der Waals surface area contributed by atoms with Gasteiger partial charge in [0.25, 0.3) is 0 Å². The number of sulfonamides is 12. The maximum absolute atomic E-state index is 12.1. The van der Waals surface area contributed by atoms with Gasteiger partial charge in [0.15, 0.2) is 116 Å². The summed E-state index contributed by atoms with van der Waals surface area (Å²) in [7, 11) is -94.0. The van der Waals surface area contributed by atoms with Crippen molar-refractivity contribution in [1.29, 1.82) is 0 Å². The van der Waals surface area contributed by atoms with Crippen LogP contribution in [0.25, 0.3) is 50.7 Å². The quantitative estimate of drug-likeness (QED) is 0.0543. The van der Waals surface area contributed by atoms with Crippen molar-refractivity contribution in [2.24, 2.45) is 5.14 Å². The number of hydrogen-bond acceptors (Lipinski definition) is 29. The molecule has 0 rings (SSSR count). The van der Waals surface area contributed by atoms with Crippen molar-refractivity contribution in [3.8, 4) is 0 Å². The second-order valence-electron chi connectivity index (χ2n) is 15.1. The largest absolute Gasteiger partial charge is 1.00 e. The Kier molecular flexibility index (Phi) is 92.8. The van der Waals surface area contributed by atoms with E-state index in [4.69, 9.17) is 10.3 Å². The molecule has 0 fully saturated rings. The fourth-order valence-corrected chi connectivity index (χ4v) is 20.6. The molecular formula is C16H13Cl6F36Li12N12O29P5S12. The second-order valence-corrected chi connectivity index (χ2v) is 53.3. The summed E-state index contributed by atoms with van der Waals surface area (Å²) in [6, 6.07) is 0. The van der Waals surface area contributed by atoms with Crippen molar-refractivity contribution >= 4 is 221 Å². The minimum absolute atomic E-state index is 0. The molecule has 0 aliphatic heterocycles. The number of primary sulfonamides is 1. The Bertz CT molecular complexity index is 4520. The fraction of sp³-hybridized carbons (Fsp3) is 0.938. The van der Waals surface area contributed by atoms with Crippen LogP contribution >= 0.6 is 101 Å². The minimum atomic E-state index is -7.42. The van der Waals surface area contributed by atoms with Crippen molar-refractivity contribution in [2.45, 2.75) is 85.9 Å². The Morgan fingerprint density at radius 1 is 0.250 bits per heavy atom. The average Bonchev–Trinajstić information content (AvgIpc) is 0.706. The van der Waals surface area contributed by atoms with Crippen molar-refractivity contribution < 1.29 is 508 Å². The molecule has 714 valence electrons. The van der Waals surface area contributed by atoms with Gasteiger partial charge in [-0.05, 0) is 33.7 Å². The van der Waals surface area contributed by atoms with Gasteiger partial charge in [0.05, 0.1) is 0 Å². The molecule has 4 N–H and O–H groups in total. The Labute approximate surface area is 866 Å². The van der Waals surface area contributed by atoms with E-state index in [1.54, 1.807) is 4.49 Å². The Morgan fingerprint density at radius 2 is 0.336 bits per heavy atom. The van der Waals surface area contributed by atoms with Gasteiger partial charge >= 0.3 is 308 Å². The molecule has 41 nitrogen and oxygen atoms in total. The smallest absolute Gasteiger partial charge is 0.556 e. The van der Waals surface area contributed by atoms with Crippen LogP contribution in [0, 0.1) is 6.92 Å². The third-order valence-corrected chi connectivity index (χ3v) is 30.4. The normalized spacial score (nSPS) is 13.5. The maximum Gasteiger partial charge on any atom is 1.00 e. The van der Waals surface area contributed by atoms with E-state index in [2.05, 4.69) is 86.4 Å². The van der Waals surface area contributed by atoms with Gasteiger partial charge < -0.3 is 75.9 Å². The summed E-state index contributed by atoms with van der Waals surface area (Å²) in [5, 5.41) is 11.3. The summed E-state index contributed by atoms with van der Waals surface area (Å²) < 4.78 is 727. The zero-order valence-electron chi connectivity index (χ0n) is 61.6. The summed E-state index contributed by atoms with van der Waals surface area (Å²) in [6.07, 6.45) is 2.28. The maximum atomic E-state index is 12.1. The van der Waals surface area contributed by atoms with Crippen LogP contribution in [-0.2, 0) is 143 Å². The molecule has 0 unspecified atom stereocenters. The van der Waals surface area contributed by atoms with Gasteiger partial charge in [0.1, 0.15) is 0 Å². The zero-order chi connectivity index (χ0) is 98.3. The standard InChI is InChI=1S/C4H9.2C3F9N3O7PS3.C2ClF6N2O5PS2.CCl2F3NO3PS.CH2F3NO2S.2CHF3NO2S.Cl3OP.12Li/c1-3-4-2;2*4-1(5,6)24(17,18)13-23(16,14-25(19,20)2(7,8)9)15-26(21,22)3(10,11)12;3-17(12,10-18(13,14)1(4,5)6)11-19(15,16)2(7,8)9;2-11(3,8)7-12(9,10)1(4,5)6;3*2-1(3,4)8(5,6)7;1-5(2,3)4;;;;;;;;;;;;/h1,3-4H2,2H3;;;;;(H2,5,6,7);2*(H-,5,6,7);;;;;;;;;;;;;/q-1;2*-3;-2;-1;;2*-1;;12*+1. The number of nitrogens with one attached hydrogen (secondary N) is 2. The van der Waals surface area contributed by atoms with E-state index in [1.807, 2.05) is 0 Å². The zero-order valence-corrected chi connectivity index (χ0v) is 80.4. The van der Waals surface area contributed by atoms with Crippen LogP contribution in [0.4, 0.5) is 158 Å². The second kappa shape index (κ2) is 63.9. The van der Waals surface area contributed by atoms with Gasteiger partial charge in [-0.3, -0.25) is 4.57 Å². The van der Waals surface area contributed by atoms with Crippen molar-refractivity contribution in [1.82, 2.24) is 0 Å².